The van der Waals surface area contributed by atoms with E-state index in [9.17, 15) is 0 Å². The molecule has 0 saturated heterocycles. The van der Waals surface area contributed by atoms with Crippen LogP contribution >= 0.6 is 0 Å². The van der Waals surface area contributed by atoms with Crippen LogP contribution in [0.25, 0.3) is 0 Å². The van der Waals surface area contributed by atoms with Crippen molar-refractivity contribution in [3.8, 4) is 0 Å². The van der Waals surface area contributed by atoms with E-state index < -0.39 is 0 Å². The van der Waals surface area contributed by atoms with Gasteiger partial charge < -0.3 is 0 Å². The molecule has 0 aromatic carbocycles. The van der Waals surface area contributed by atoms with Crippen molar-refractivity contribution < 1.29 is 0 Å². The standard InChI is InChI=1S/C11H18N2/c1-3-5-13-8-10-6-12(4-2)7-11(10)9-13/h3H,1,4-9H2,2H3. The molecular formula is C11H18N2. The average Bonchev–Trinajstić information content (AvgIpc) is 2.61. The molecule has 0 atom stereocenters. The van der Waals surface area contributed by atoms with Gasteiger partial charge in [0.2, 0.25) is 0 Å². The van der Waals surface area contributed by atoms with Crippen molar-refractivity contribution in [3.05, 3.63) is 23.8 Å². The number of likely N-dealkylation sites (N-methyl/N-ethyl adjacent to an activating group) is 1. The molecule has 13 heavy (non-hydrogen) atoms. The Balaban J connectivity index is 1.90. The van der Waals surface area contributed by atoms with Crippen LogP contribution in [0.15, 0.2) is 23.8 Å². The van der Waals surface area contributed by atoms with Crippen molar-refractivity contribution in [2.24, 2.45) is 0 Å². The monoisotopic (exact) mass is 178 g/mol. The lowest BCUT2D eigenvalue weighted by atomic mass is 10.2. The number of hydrogen-bond donors (Lipinski definition) is 0. The second-order valence-corrected chi connectivity index (χ2v) is 3.97. The predicted octanol–water partition coefficient (Wildman–Crippen LogP) is 1.12. The lowest BCUT2D eigenvalue weighted by Crippen LogP contribution is -2.29. The number of rotatable bonds is 3. The maximum Gasteiger partial charge on any atom is 0.0216 e. The normalized spacial score (nSPS) is 24.1. The first-order valence-corrected chi connectivity index (χ1v) is 5.09. The van der Waals surface area contributed by atoms with Crippen LogP contribution in [0.1, 0.15) is 6.92 Å². The summed E-state index contributed by atoms with van der Waals surface area (Å²) >= 11 is 0. The van der Waals surface area contributed by atoms with Crippen molar-refractivity contribution >= 4 is 0 Å². The third kappa shape index (κ3) is 1.69. The van der Waals surface area contributed by atoms with Crippen molar-refractivity contribution in [2.45, 2.75) is 6.92 Å². The molecule has 2 aliphatic rings. The summed E-state index contributed by atoms with van der Waals surface area (Å²) in [5.41, 5.74) is 3.34. The van der Waals surface area contributed by atoms with Gasteiger partial charge in [-0.15, -0.1) is 6.58 Å². The van der Waals surface area contributed by atoms with Gasteiger partial charge in [-0.2, -0.15) is 0 Å². The zero-order valence-corrected chi connectivity index (χ0v) is 8.42. The second kappa shape index (κ2) is 3.64. The van der Waals surface area contributed by atoms with E-state index in [-0.39, 0.29) is 0 Å². The molecule has 0 spiro atoms. The molecule has 2 rings (SSSR count). The van der Waals surface area contributed by atoms with Crippen molar-refractivity contribution in [1.29, 1.82) is 0 Å². The van der Waals surface area contributed by atoms with Crippen LogP contribution < -0.4 is 0 Å². The first kappa shape index (κ1) is 8.97. The molecule has 0 aliphatic carbocycles. The zero-order valence-electron chi connectivity index (χ0n) is 8.42. The molecule has 0 fully saturated rings. The van der Waals surface area contributed by atoms with Gasteiger partial charge in [-0.3, -0.25) is 9.80 Å². The zero-order chi connectivity index (χ0) is 9.26. The Kier molecular flexibility index (Phi) is 2.51. The molecule has 0 saturated carbocycles. The molecule has 0 N–H and O–H groups in total. The Morgan fingerprint density at radius 1 is 1.15 bits per heavy atom. The van der Waals surface area contributed by atoms with Gasteiger partial charge in [0.15, 0.2) is 0 Å². The van der Waals surface area contributed by atoms with E-state index in [0.29, 0.717) is 0 Å². The van der Waals surface area contributed by atoms with Gasteiger partial charge in [-0.05, 0) is 17.7 Å². The molecule has 0 bridgehead atoms. The lowest BCUT2D eigenvalue weighted by molar-refractivity contribution is 0.313. The van der Waals surface area contributed by atoms with Crippen molar-refractivity contribution in [2.75, 3.05) is 39.3 Å². The van der Waals surface area contributed by atoms with E-state index in [1.165, 1.54) is 32.7 Å². The summed E-state index contributed by atoms with van der Waals surface area (Å²) in [6, 6.07) is 0. The summed E-state index contributed by atoms with van der Waals surface area (Å²) in [6.07, 6.45) is 2.00. The number of hydrogen-bond acceptors (Lipinski definition) is 2. The molecule has 0 aromatic rings. The van der Waals surface area contributed by atoms with Gasteiger partial charge in [0, 0.05) is 32.7 Å². The molecule has 0 amide bonds. The smallest absolute Gasteiger partial charge is 0.0216 e. The lowest BCUT2D eigenvalue weighted by Gasteiger charge is -2.20. The Labute approximate surface area is 80.5 Å². The largest absolute Gasteiger partial charge is 0.296 e. The van der Waals surface area contributed by atoms with Crippen molar-refractivity contribution in [3.63, 3.8) is 0 Å². The highest BCUT2D eigenvalue weighted by atomic mass is 15.2. The third-order valence-corrected chi connectivity index (χ3v) is 2.99. The van der Waals surface area contributed by atoms with Gasteiger partial charge in [-0.1, -0.05) is 13.0 Å². The van der Waals surface area contributed by atoms with Gasteiger partial charge in [0.1, 0.15) is 0 Å². The van der Waals surface area contributed by atoms with Gasteiger partial charge in [0.05, 0.1) is 0 Å². The first-order chi connectivity index (χ1) is 6.33. The van der Waals surface area contributed by atoms with E-state index in [1.54, 1.807) is 11.1 Å². The first-order valence-electron chi connectivity index (χ1n) is 5.09. The molecule has 0 unspecified atom stereocenters. The van der Waals surface area contributed by atoms with E-state index in [1.807, 2.05) is 6.08 Å². The third-order valence-electron chi connectivity index (χ3n) is 2.99. The van der Waals surface area contributed by atoms with Crippen LogP contribution in [0, 0.1) is 0 Å². The maximum absolute atomic E-state index is 3.78. The maximum atomic E-state index is 3.78. The molecular weight excluding hydrogens is 160 g/mol. The minimum absolute atomic E-state index is 1.04. The Hall–Kier alpha value is -0.600. The highest BCUT2D eigenvalue weighted by Gasteiger charge is 2.27. The highest BCUT2D eigenvalue weighted by Crippen LogP contribution is 2.24. The van der Waals surface area contributed by atoms with E-state index in [2.05, 4.69) is 23.3 Å². The molecule has 2 nitrogen and oxygen atoms in total. The van der Waals surface area contributed by atoms with Crippen LogP contribution in [-0.2, 0) is 0 Å². The SMILES string of the molecule is C=CCN1CC2=C(CN(CC)C2)C1. The van der Waals surface area contributed by atoms with Gasteiger partial charge in [0.25, 0.3) is 0 Å². The molecule has 2 aliphatic heterocycles. The second-order valence-electron chi connectivity index (χ2n) is 3.97. The fourth-order valence-electron chi connectivity index (χ4n) is 2.27. The van der Waals surface area contributed by atoms with Crippen LogP contribution in [0.2, 0.25) is 0 Å². The quantitative estimate of drug-likeness (QED) is 0.598. The Morgan fingerprint density at radius 3 is 2.15 bits per heavy atom. The summed E-state index contributed by atoms with van der Waals surface area (Å²) in [5, 5.41) is 0. The Morgan fingerprint density at radius 2 is 1.69 bits per heavy atom. The summed E-state index contributed by atoms with van der Waals surface area (Å²) in [5.74, 6) is 0. The summed E-state index contributed by atoms with van der Waals surface area (Å²) < 4.78 is 0. The van der Waals surface area contributed by atoms with E-state index in [0.717, 1.165) is 6.54 Å². The minimum Gasteiger partial charge on any atom is -0.296 e. The summed E-state index contributed by atoms with van der Waals surface area (Å²) in [6.45, 7) is 13.0. The van der Waals surface area contributed by atoms with E-state index in [4.69, 9.17) is 0 Å². The molecule has 72 valence electrons. The molecule has 0 aromatic heterocycles. The summed E-state index contributed by atoms with van der Waals surface area (Å²) in [7, 11) is 0. The van der Waals surface area contributed by atoms with Crippen LogP contribution in [0.4, 0.5) is 0 Å². The molecule has 2 heteroatoms. The van der Waals surface area contributed by atoms with Gasteiger partial charge in [-0.25, -0.2) is 0 Å². The fourth-order valence-corrected chi connectivity index (χ4v) is 2.27. The minimum atomic E-state index is 1.04. The number of nitrogens with zero attached hydrogens (tertiary/aromatic N) is 2. The molecule has 2 heterocycles. The molecule has 0 radical (unpaired) electrons. The van der Waals surface area contributed by atoms with Crippen LogP contribution in [0.5, 0.6) is 0 Å². The predicted molar refractivity (Wildman–Crippen MR) is 55.8 cm³/mol. The fraction of sp³-hybridized carbons (Fsp3) is 0.636. The Bertz CT molecular complexity index is 224. The average molecular weight is 178 g/mol. The topological polar surface area (TPSA) is 6.48 Å². The van der Waals surface area contributed by atoms with E-state index >= 15 is 0 Å². The van der Waals surface area contributed by atoms with Crippen molar-refractivity contribution in [1.82, 2.24) is 9.80 Å². The highest BCUT2D eigenvalue weighted by molar-refractivity contribution is 5.30. The summed E-state index contributed by atoms with van der Waals surface area (Å²) in [4.78, 5) is 4.97. The van der Waals surface area contributed by atoms with Gasteiger partial charge >= 0.3 is 0 Å². The van der Waals surface area contributed by atoms with Crippen LogP contribution in [0.3, 0.4) is 0 Å². The van der Waals surface area contributed by atoms with Crippen LogP contribution in [-0.4, -0.2) is 49.1 Å².